The van der Waals surface area contributed by atoms with Gasteiger partial charge in [-0.25, -0.2) is 0 Å². The summed E-state index contributed by atoms with van der Waals surface area (Å²) in [4.78, 5) is 25.0. The number of rotatable bonds is 7. The Hall–Kier alpha value is -2.54. The molecule has 132 valence electrons. The highest BCUT2D eigenvalue weighted by Gasteiger charge is 2.26. The Balaban J connectivity index is 1.60. The van der Waals surface area contributed by atoms with E-state index in [4.69, 9.17) is 15.2 Å². The lowest BCUT2D eigenvalue weighted by molar-refractivity contribution is -0.118. The van der Waals surface area contributed by atoms with Crippen LogP contribution < -0.4 is 20.5 Å². The number of amides is 2. The quantitative estimate of drug-likeness (QED) is 0.794. The van der Waals surface area contributed by atoms with Gasteiger partial charge in [-0.05, 0) is 56.0 Å². The van der Waals surface area contributed by atoms with Gasteiger partial charge < -0.3 is 20.5 Å². The molecule has 0 bridgehead atoms. The van der Waals surface area contributed by atoms with Crippen LogP contribution in [0.15, 0.2) is 24.3 Å². The Morgan fingerprint density at radius 2 is 1.84 bits per heavy atom. The SMILES string of the molecule is CCOc1ccc(OCC(=O)Nc2sc3c(c2C(N)=O)CCC3)cc1. The summed E-state index contributed by atoms with van der Waals surface area (Å²) < 4.78 is 10.8. The van der Waals surface area contributed by atoms with Gasteiger partial charge in [-0.1, -0.05) is 0 Å². The number of carbonyl (C=O) groups excluding carboxylic acids is 2. The Morgan fingerprint density at radius 3 is 2.48 bits per heavy atom. The van der Waals surface area contributed by atoms with Crippen LogP contribution in [0.2, 0.25) is 0 Å². The first-order valence-electron chi connectivity index (χ1n) is 8.18. The molecule has 0 spiro atoms. The monoisotopic (exact) mass is 360 g/mol. The smallest absolute Gasteiger partial charge is 0.262 e. The maximum atomic E-state index is 12.2. The lowest BCUT2D eigenvalue weighted by Gasteiger charge is -2.09. The molecule has 1 aliphatic carbocycles. The highest BCUT2D eigenvalue weighted by molar-refractivity contribution is 7.17. The lowest BCUT2D eigenvalue weighted by Crippen LogP contribution is -2.22. The first-order chi connectivity index (χ1) is 12.1. The van der Waals surface area contributed by atoms with E-state index >= 15 is 0 Å². The van der Waals surface area contributed by atoms with Gasteiger partial charge in [0.05, 0.1) is 12.2 Å². The third kappa shape index (κ3) is 3.93. The van der Waals surface area contributed by atoms with Gasteiger partial charge in [0.1, 0.15) is 16.5 Å². The standard InChI is InChI=1S/C18H20N2O4S/c1-2-23-11-6-8-12(9-7-11)24-10-15(21)20-18-16(17(19)22)13-4-3-5-14(13)25-18/h6-9H,2-5,10H2,1H3,(H2,19,22)(H,20,21). The van der Waals surface area contributed by atoms with Crippen LogP contribution in [0.25, 0.3) is 0 Å². The summed E-state index contributed by atoms with van der Waals surface area (Å²) in [7, 11) is 0. The van der Waals surface area contributed by atoms with Crippen molar-refractivity contribution in [2.45, 2.75) is 26.2 Å². The number of ether oxygens (including phenoxy) is 2. The second-order valence-corrected chi connectivity index (χ2v) is 6.77. The Kier molecular flexibility index (Phi) is 5.23. The Bertz CT molecular complexity index is 783. The second kappa shape index (κ2) is 7.57. The third-order valence-electron chi connectivity index (χ3n) is 3.93. The fraction of sp³-hybridized carbons (Fsp3) is 0.333. The van der Waals surface area contributed by atoms with E-state index in [1.807, 2.05) is 6.92 Å². The van der Waals surface area contributed by atoms with Crippen LogP contribution in [0.4, 0.5) is 5.00 Å². The zero-order valence-corrected chi connectivity index (χ0v) is 14.8. The molecule has 0 atom stereocenters. The molecule has 1 heterocycles. The largest absolute Gasteiger partial charge is 0.494 e. The van der Waals surface area contributed by atoms with E-state index in [-0.39, 0.29) is 12.5 Å². The molecule has 6 nitrogen and oxygen atoms in total. The van der Waals surface area contributed by atoms with Crippen molar-refractivity contribution in [1.29, 1.82) is 0 Å². The van der Waals surface area contributed by atoms with Gasteiger partial charge in [0, 0.05) is 4.88 Å². The Morgan fingerprint density at radius 1 is 1.16 bits per heavy atom. The number of nitrogens with one attached hydrogen (secondary N) is 1. The molecule has 1 aromatic heterocycles. The molecule has 2 aromatic rings. The number of hydrogen-bond acceptors (Lipinski definition) is 5. The molecular weight excluding hydrogens is 340 g/mol. The number of carbonyl (C=O) groups is 2. The Labute approximate surface area is 149 Å². The van der Waals surface area contributed by atoms with E-state index in [2.05, 4.69) is 5.32 Å². The predicted octanol–water partition coefficient (Wildman–Crippen LogP) is 2.75. The van der Waals surface area contributed by atoms with Crippen LogP contribution in [0.5, 0.6) is 11.5 Å². The maximum Gasteiger partial charge on any atom is 0.262 e. The molecule has 0 saturated carbocycles. The number of benzene rings is 1. The van der Waals surface area contributed by atoms with Gasteiger partial charge >= 0.3 is 0 Å². The van der Waals surface area contributed by atoms with Crippen molar-refractivity contribution in [2.75, 3.05) is 18.5 Å². The summed E-state index contributed by atoms with van der Waals surface area (Å²) in [6, 6.07) is 7.05. The number of aryl methyl sites for hydroxylation is 1. The number of thiophene rings is 1. The number of hydrogen-bond donors (Lipinski definition) is 2. The molecule has 25 heavy (non-hydrogen) atoms. The van der Waals surface area contributed by atoms with E-state index < -0.39 is 5.91 Å². The van der Waals surface area contributed by atoms with Gasteiger partial charge in [0.15, 0.2) is 6.61 Å². The number of nitrogens with two attached hydrogens (primary N) is 1. The van der Waals surface area contributed by atoms with Crippen molar-refractivity contribution in [3.05, 3.63) is 40.3 Å². The van der Waals surface area contributed by atoms with E-state index in [1.165, 1.54) is 11.3 Å². The predicted molar refractivity (Wildman–Crippen MR) is 96.6 cm³/mol. The first kappa shape index (κ1) is 17.3. The summed E-state index contributed by atoms with van der Waals surface area (Å²) in [6.45, 7) is 2.36. The van der Waals surface area contributed by atoms with Gasteiger partial charge in [0.25, 0.3) is 11.8 Å². The normalized spacial score (nSPS) is 12.5. The molecule has 1 aromatic carbocycles. The fourth-order valence-electron chi connectivity index (χ4n) is 2.86. The molecule has 3 rings (SSSR count). The van der Waals surface area contributed by atoms with Gasteiger partial charge in [-0.15, -0.1) is 11.3 Å². The highest BCUT2D eigenvalue weighted by atomic mass is 32.1. The van der Waals surface area contributed by atoms with Crippen LogP contribution in [0.1, 0.15) is 34.1 Å². The molecule has 0 saturated heterocycles. The molecule has 0 radical (unpaired) electrons. The highest BCUT2D eigenvalue weighted by Crippen LogP contribution is 2.38. The minimum Gasteiger partial charge on any atom is -0.494 e. The molecule has 0 unspecified atom stereocenters. The third-order valence-corrected chi connectivity index (χ3v) is 5.13. The van der Waals surface area contributed by atoms with Crippen molar-refractivity contribution < 1.29 is 19.1 Å². The van der Waals surface area contributed by atoms with Crippen molar-refractivity contribution >= 4 is 28.2 Å². The van der Waals surface area contributed by atoms with Crippen molar-refractivity contribution in [1.82, 2.24) is 0 Å². The van der Waals surface area contributed by atoms with Gasteiger partial charge in [-0.3, -0.25) is 9.59 Å². The summed E-state index contributed by atoms with van der Waals surface area (Å²) in [5.41, 5.74) is 6.92. The lowest BCUT2D eigenvalue weighted by atomic mass is 10.1. The van der Waals surface area contributed by atoms with Crippen LogP contribution in [-0.4, -0.2) is 25.0 Å². The van der Waals surface area contributed by atoms with Crippen LogP contribution in [0, 0.1) is 0 Å². The molecule has 3 N–H and O–H groups in total. The molecule has 2 amide bonds. The van der Waals surface area contributed by atoms with Crippen molar-refractivity contribution in [2.24, 2.45) is 5.73 Å². The van der Waals surface area contributed by atoms with E-state index in [9.17, 15) is 9.59 Å². The topological polar surface area (TPSA) is 90.7 Å². The summed E-state index contributed by atoms with van der Waals surface area (Å²) in [5.74, 6) is 0.499. The zero-order valence-electron chi connectivity index (χ0n) is 14.0. The van der Waals surface area contributed by atoms with Crippen molar-refractivity contribution in [3.8, 4) is 11.5 Å². The summed E-state index contributed by atoms with van der Waals surface area (Å²) in [6.07, 6.45) is 2.79. The average molecular weight is 360 g/mol. The molecular formula is C18H20N2O4S. The second-order valence-electron chi connectivity index (χ2n) is 5.67. The van der Waals surface area contributed by atoms with Gasteiger partial charge in [-0.2, -0.15) is 0 Å². The summed E-state index contributed by atoms with van der Waals surface area (Å²) in [5, 5.41) is 3.28. The first-order valence-corrected chi connectivity index (χ1v) is 9.00. The van der Waals surface area contributed by atoms with E-state index in [0.717, 1.165) is 35.5 Å². The maximum absolute atomic E-state index is 12.2. The molecule has 0 aliphatic heterocycles. The van der Waals surface area contributed by atoms with Crippen LogP contribution in [0.3, 0.4) is 0 Å². The number of primary amides is 1. The molecule has 0 fully saturated rings. The number of fused-ring (bicyclic) bond motifs is 1. The minimum atomic E-state index is -0.498. The summed E-state index contributed by atoms with van der Waals surface area (Å²) >= 11 is 1.43. The van der Waals surface area contributed by atoms with Crippen LogP contribution >= 0.6 is 11.3 Å². The van der Waals surface area contributed by atoms with E-state index in [1.54, 1.807) is 24.3 Å². The van der Waals surface area contributed by atoms with Gasteiger partial charge in [0.2, 0.25) is 0 Å². The minimum absolute atomic E-state index is 0.144. The zero-order chi connectivity index (χ0) is 17.8. The average Bonchev–Trinajstić information content (AvgIpc) is 3.14. The van der Waals surface area contributed by atoms with E-state index in [0.29, 0.717) is 22.9 Å². The molecule has 7 heteroatoms. The molecule has 1 aliphatic rings. The number of anilines is 1. The van der Waals surface area contributed by atoms with Crippen LogP contribution in [-0.2, 0) is 17.6 Å². The van der Waals surface area contributed by atoms with Crippen molar-refractivity contribution in [3.63, 3.8) is 0 Å². The fourth-order valence-corrected chi connectivity index (χ4v) is 4.17.